The third kappa shape index (κ3) is 5.91. The van der Waals surface area contributed by atoms with Crippen LogP contribution in [0.15, 0.2) is 35.6 Å². The fraction of sp³-hybridized carbons (Fsp3) is 0.429. The number of hydrogen-bond acceptors (Lipinski definition) is 6. The third-order valence-corrected chi connectivity index (χ3v) is 5.08. The molecule has 3 rings (SSSR count). The smallest absolute Gasteiger partial charge is 0.224 e. The van der Waals surface area contributed by atoms with Crippen LogP contribution >= 0.6 is 11.8 Å². The number of halogens is 1. The molecular weight excluding hydrogens is 403 g/mol. The highest BCUT2D eigenvalue weighted by molar-refractivity contribution is 7.99. The molecule has 0 aliphatic rings. The molecule has 2 aromatic heterocycles. The summed E-state index contributed by atoms with van der Waals surface area (Å²) >= 11 is 1.58. The SMILES string of the molecule is CCSc1nc(NCC(C)C)c2cnn(CCNC(=O)Cc3ccc(F)cc3)c2n1. The Balaban J connectivity index is 1.66. The number of carbonyl (C=O) groups is 1. The summed E-state index contributed by atoms with van der Waals surface area (Å²) in [4.78, 5) is 21.4. The van der Waals surface area contributed by atoms with Crippen LogP contribution in [-0.2, 0) is 17.8 Å². The van der Waals surface area contributed by atoms with E-state index < -0.39 is 0 Å². The predicted molar refractivity (Wildman–Crippen MR) is 118 cm³/mol. The summed E-state index contributed by atoms with van der Waals surface area (Å²) in [5, 5.41) is 12.3. The van der Waals surface area contributed by atoms with Crippen LogP contribution in [-0.4, -0.2) is 44.5 Å². The van der Waals surface area contributed by atoms with E-state index in [1.807, 2.05) is 0 Å². The maximum absolute atomic E-state index is 13.0. The number of benzene rings is 1. The predicted octanol–water partition coefficient (Wildman–Crippen LogP) is 3.50. The molecule has 2 N–H and O–H groups in total. The van der Waals surface area contributed by atoms with Gasteiger partial charge in [0.1, 0.15) is 11.6 Å². The summed E-state index contributed by atoms with van der Waals surface area (Å²) in [6.45, 7) is 8.08. The summed E-state index contributed by atoms with van der Waals surface area (Å²) in [5.41, 5.74) is 1.52. The van der Waals surface area contributed by atoms with Crippen molar-refractivity contribution in [1.82, 2.24) is 25.1 Å². The summed E-state index contributed by atoms with van der Waals surface area (Å²) in [7, 11) is 0. The maximum atomic E-state index is 13.0. The molecule has 0 radical (unpaired) electrons. The molecule has 0 unspecified atom stereocenters. The second-order valence-electron chi connectivity index (χ2n) is 7.32. The van der Waals surface area contributed by atoms with Crippen LogP contribution in [0.25, 0.3) is 11.0 Å². The lowest BCUT2D eigenvalue weighted by atomic mass is 10.1. The number of aromatic nitrogens is 4. The van der Waals surface area contributed by atoms with E-state index in [0.29, 0.717) is 24.2 Å². The van der Waals surface area contributed by atoms with Gasteiger partial charge in [-0.25, -0.2) is 19.0 Å². The second-order valence-corrected chi connectivity index (χ2v) is 8.55. The summed E-state index contributed by atoms with van der Waals surface area (Å²) in [6.07, 6.45) is 1.97. The van der Waals surface area contributed by atoms with Crippen molar-refractivity contribution in [1.29, 1.82) is 0 Å². The fourth-order valence-corrected chi connectivity index (χ4v) is 3.44. The van der Waals surface area contributed by atoms with E-state index in [4.69, 9.17) is 0 Å². The summed E-state index contributed by atoms with van der Waals surface area (Å²) in [5.74, 6) is 1.73. The highest BCUT2D eigenvalue weighted by Gasteiger charge is 2.14. The number of nitrogens with zero attached hydrogens (tertiary/aromatic N) is 4. The molecule has 2 heterocycles. The van der Waals surface area contributed by atoms with E-state index in [-0.39, 0.29) is 18.1 Å². The molecule has 0 bridgehead atoms. The molecule has 0 atom stereocenters. The molecule has 1 aromatic carbocycles. The zero-order chi connectivity index (χ0) is 21.5. The minimum absolute atomic E-state index is 0.116. The molecule has 0 spiro atoms. The van der Waals surface area contributed by atoms with Gasteiger partial charge in [-0.3, -0.25) is 4.79 Å². The average molecular weight is 431 g/mol. The molecular formula is C21H27FN6OS. The molecule has 160 valence electrons. The molecule has 0 aliphatic heterocycles. The zero-order valence-electron chi connectivity index (χ0n) is 17.5. The topological polar surface area (TPSA) is 84.7 Å². The van der Waals surface area contributed by atoms with E-state index in [1.165, 1.54) is 12.1 Å². The molecule has 30 heavy (non-hydrogen) atoms. The van der Waals surface area contributed by atoms with Gasteiger partial charge in [-0.15, -0.1) is 0 Å². The second kappa shape index (κ2) is 10.4. The van der Waals surface area contributed by atoms with Crippen molar-refractivity contribution in [2.45, 2.75) is 38.9 Å². The van der Waals surface area contributed by atoms with Crippen molar-refractivity contribution >= 4 is 34.5 Å². The van der Waals surface area contributed by atoms with Gasteiger partial charge in [-0.2, -0.15) is 5.10 Å². The number of amides is 1. The first-order valence-corrected chi connectivity index (χ1v) is 11.1. The lowest BCUT2D eigenvalue weighted by molar-refractivity contribution is -0.120. The lowest BCUT2D eigenvalue weighted by Crippen LogP contribution is -2.28. The fourth-order valence-electron chi connectivity index (χ4n) is 2.88. The Morgan fingerprint density at radius 1 is 1.23 bits per heavy atom. The van der Waals surface area contributed by atoms with Crippen LogP contribution in [0, 0.1) is 11.7 Å². The minimum atomic E-state index is -0.311. The Morgan fingerprint density at radius 2 is 2.00 bits per heavy atom. The Hall–Kier alpha value is -2.68. The van der Waals surface area contributed by atoms with Crippen LogP contribution in [0.3, 0.4) is 0 Å². The normalized spacial score (nSPS) is 11.2. The Kier molecular flexibility index (Phi) is 7.62. The zero-order valence-corrected chi connectivity index (χ0v) is 18.3. The van der Waals surface area contributed by atoms with Crippen molar-refractivity contribution < 1.29 is 9.18 Å². The van der Waals surface area contributed by atoms with Gasteiger partial charge in [-0.1, -0.05) is 44.7 Å². The largest absolute Gasteiger partial charge is 0.369 e. The highest BCUT2D eigenvalue weighted by atomic mass is 32.2. The van der Waals surface area contributed by atoms with Crippen LogP contribution in [0.4, 0.5) is 10.2 Å². The number of rotatable bonds is 10. The monoisotopic (exact) mass is 430 g/mol. The van der Waals surface area contributed by atoms with Crippen molar-refractivity contribution in [2.24, 2.45) is 5.92 Å². The van der Waals surface area contributed by atoms with E-state index in [1.54, 1.807) is 34.8 Å². The first-order chi connectivity index (χ1) is 14.5. The molecule has 0 fully saturated rings. The Morgan fingerprint density at radius 3 is 2.70 bits per heavy atom. The molecule has 7 nitrogen and oxygen atoms in total. The Bertz CT molecular complexity index is 989. The molecule has 0 saturated heterocycles. The van der Waals surface area contributed by atoms with Gasteiger partial charge in [0.15, 0.2) is 10.8 Å². The van der Waals surface area contributed by atoms with E-state index >= 15 is 0 Å². The first kappa shape index (κ1) is 22.0. The number of carbonyl (C=O) groups excluding carboxylic acids is 1. The van der Waals surface area contributed by atoms with Crippen LogP contribution in [0.1, 0.15) is 26.3 Å². The molecule has 9 heteroatoms. The van der Waals surface area contributed by atoms with E-state index in [9.17, 15) is 9.18 Å². The molecule has 0 aliphatic carbocycles. The van der Waals surface area contributed by atoms with Crippen molar-refractivity contribution in [3.63, 3.8) is 0 Å². The van der Waals surface area contributed by atoms with Gasteiger partial charge in [-0.05, 0) is 29.4 Å². The van der Waals surface area contributed by atoms with E-state index in [0.717, 1.165) is 34.7 Å². The average Bonchev–Trinajstić information content (AvgIpc) is 3.11. The number of nitrogens with one attached hydrogen (secondary N) is 2. The van der Waals surface area contributed by atoms with E-state index in [2.05, 4.69) is 46.5 Å². The van der Waals surface area contributed by atoms with Gasteiger partial charge in [0, 0.05) is 13.1 Å². The number of hydrogen-bond donors (Lipinski definition) is 2. The number of thioether (sulfide) groups is 1. The quantitative estimate of drug-likeness (QED) is 0.378. The van der Waals surface area contributed by atoms with Gasteiger partial charge in [0.05, 0.1) is 24.5 Å². The summed E-state index contributed by atoms with van der Waals surface area (Å²) < 4.78 is 14.8. The van der Waals surface area contributed by atoms with Crippen LogP contribution < -0.4 is 10.6 Å². The maximum Gasteiger partial charge on any atom is 0.224 e. The standard InChI is InChI=1S/C21H27FN6OS/c1-4-30-21-26-19(24-12-14(2)3)17-13-25-28(20(17)27-21)10-9-23-18(29)11-15-5-7-16(22)8-6-15/h5-8,13-14H,4,9-12H2,1-3H3,(H,23,29)(H,24,26,27). The lowest BCUT2D eigenvalue weighted by Gasteiger charge is -2.11. The van der Waals surface area contributed by atoms with Gasteiger partial charge in [0.2, 0.25) is 5.91 Å². The van der Waals surface area contributed by atoms with Crippen molar-refractivity contribution in [2.75, 3.05) is 24.2 Å². The molecule has 0 saturated carbocycles. The minimum Gasteiger partial charge on any atom is -0.369 e. The highest BCUT2D eigenvalue weighted by Crippen LogP contribution is 2.24. The Labute approximate surface area is 179 Å². The van der Waals surface area contributed by atoms with Crippen molar-refractivity contribution in [3.05, 3.63) is 41.8 Å². The molecule has 1 amide bonds. The third-order valence-electron chi connectivity index (χ3n) is 4.35. The number of fused-ring (bicyclic) bond motifs is 1. The van der Waals surface area contributed by atoms with Gasteiger partial charge >= 0.3 is 0 Å². The summed E-state index contributed by atoms with van der Waals surface area (Å²) in [6, 6.07) is 5.95. The van der Waals surface area contributed by atoms with Crippen LogP contribution in [0.5, 0.6) is 0 Å². The molecule has 3 aromatic rings. The van der Waals surface area contributed by atoms with Crippen molar-refractivity contribution in [3.8, 4) is 0 Å². The van der Waals surface area contributed by atoms with Crippen LogP contribution in [0.2, 0.25) is 0 Å². The van der Waals surface area contributed by atoms with Gasteiger partial charge in [0.25, 0.3) is 0 Å². The first-order valence-electron chi connectivity index (χ1n) is 10.1. The number of anilines is 1. The van der Waals surface area contributed by atoms with Gasteiger partial charge < -0.3 is 10.6 Å².